The Bertz CT molecular complexity index is 411. The Balaban J connectivity index is 0.00000154. The smallest absolute Gasteiger partial charge is 0.169 e. The van der Waals surface area contributed by atoms with Gasteiger partial charge < -0.3 is 4.90 Å². The van der Waals surface area contributed by atoms with Crippen LogP contribution in [0.3, 0.4) is 0 Å². The summed E-state index contributed by atoms with van der Waals surface area (Å²) in [5, 5.41) is 0. The summed E-state index contributed by atoms with van der Waals surface area (Å²) < 4.78 is 0. The lowest BCUT2D eigenvalue weighted by molar-refractivity contribution is 0.0953. The van der Waals surface area contributed by atoms with E-state index >= 15 is 0 Å². The van der Waals surface area contributed by atoms with Crippen LogP contribution in [-0.2, 0) is 0 Å². The third-order valence-electron chi connectivity index (χ3n) is 2.67. The standard InChI is InChI=1S/C15H21NO.C2H6/c1-11(2)10-12(3)15(17)13-6-8-14(9-7-13)16(4)5;1-2/h6-10,12H,1-5H3;1-2H3/t12-;/m0./s1. The van der Waals surface area contributed by atoms with Crippen molar-refractivity contribution in [3.63, 3.8) is 0 Å². The van der Waals surface area contributed by atoms with E-state index in [1.807, 2.05) is 84.0 Å². The van der Waals surface area contributed by atoms with Crippen LogP contribution in [0.4, 0.5) is 5.69 Å². The molecule has 0 aliphatic carbocycles. The van der Waals surface area contributed by atoms with Crippen molar-refractivity contribution < 1.29 is 4.79 Å². The highest BCUT2D eigenvalue weighted by molar-refractivity contribution is 5.99. The van der Waals surface area contributed by atoms with Gasteiger partial charge in [0.2, 0.25) is 0 Å². The van der Waals surface area contributed by atoms with E-state index in [9.17, 15) is 4.79 Å². The van der Waals surface area contributed by atoms with E-state index in [4.69, 9.17) is 0 Å². The molecule has 0 amide bonds. The first-order valence-corrected chi connectivity index (χ1v) is 6.88. The van der Waals surface area contributed by atoms with E-state index in [0.717, 1.165) is 11.3 Å². The fourth-order valence-corrected chi connectivity index (χ4v) is 1.76. The molecule has 0 saturated carbocycles. The first kappa shape index (κ1) is 17.4. The Hall–Kier alpha value is -1.57. The molecule has 0 heterocycles. The van der Waals surface area contributed by atoms with E-state index in [1.165, 1.54) is 5.57 Å². The van der Waals surface area contributed by atoms with E-state index in [1.54, 1.807) is 0 Å². The van der Waals surface area contributed by atoms with Crippen LogP contribution in [0, 0.1) is 5.92 Å². The molecule has 0 N–H and O–H groups in total. The van der Waals surface area contributed by atoms with Crippen LogP contribution in [0.2, 0.25) is 0 Å². The van der Waals surface area contributed by atoms with Gasteiger partial charge >= 0.3 is 0 Å². The lowest BCUT2D eigenvalue weighted by Gasteiger charge is -2.13. The second-order valence-corrected chi connectivity index (χ2v) is 4.84. The van der Waals surface area contributed by atoms with Gasteiger partial charge in [-0.25, -0.2) is 0 Å². The van der Waals surface area contributed by atoms with Crippen LogP contribution in [0.15, 0.2) is 35.9 Å². The van der Waals surface area contributed by atoms with Crippen molar-refractivity contribution in [3.05, 3.63) is 41.5 Å². The van der Waals surface area contributed by atoms with Gasteiger partial charge in [0.15, 0.2) is 5.78 Å². The third-order valence-corrected chi connectivity index (χ3v) is 2.67. The third kappa shape index (κ3) is 5.73. The topological polar surface area (TPSA) is 20.3 Å². The number of benzene rings is 1. The van der Waals surface area contributed by atoms with Gasteiger partial charge in [0.25, 0.3) is 0 Å². The second-order valence-electron chi connectivity index (χ2n) is 4.84. The molecule has 0 spiro atoms. The largest absolute Gasteiger partial charge is 0.378 e. The van der Waals surface area contributed by atoms with Gasteiger partial charge in [0.05, 0.1) is 0 Å². The zero-order chi connectivity index (χ0) is 15.0. The maximum absolute atomic E-state index is 12.1. The minimum absolute atomic E-state index is 0.0507. The fourth-order valence-electron chi connectivity index (χ4n) is 1.76. The number of carbonyl (C=O) groups excluding carboxylic acids is 1. The van der Waals surface area contributed by atoms with Crippen LogP contribution < -0.4 is 4.90 Å². The molecule has 1 atom stereocenters. The fraction of sp³-hybridized carbons (Fsp3) is 0.471. The second kappa shape index (κ2) is 8.52. The van der Waals surface area contributed by atoms with Gasteiger partial charge in [0.1, 0.15) is 0 Å². The summed E-state index contributed by atoms with van der Waals surface area (Å²) in [5.41, 5.74) is 3.06. The molecule has 1 aromatic rings. The molecule has 0 aliphatic rings. The first-order valence-electron chi connectivity index (χ1n) is 6.88. The van der Waals surface area contributed by atoms with Gasteiger partial charge in [-0.1, -0.05) is 32.4 Å². The Kier molecular flexibility index (Phi) is 7.81. The first-order chi connectivity index (χ1) is 8.91. The van der Waals surface area contributed by atoms with Gasteiger partial charge in [-0.2, -0.15) is 0 Å². The number of carbonyl (C=O) groups is 1. The maximum atomic E-state index is 12.1. The summed E-state index contributed by atoms with van der Waals surface area (Å²) in [6.45, 7) is 9.97. The molecule has 19 heavy (non-hydrogen) atoms. The van der Waals surface area contributed by atoms with Gasteiger partial charge in [-0.15, -0.1) is 0 Å². The summed E-state index contributed by atoms with van der Waals surface area (Å²) in [4.78, 5) is 14.1. The summed E-state index contributed by atoms with van der Waals surface area (Å²) in [7, 11) is 3.98. The molecular weight excluding hydrogens is 234 g/mol. The summed E-state index contributed by atoms with van der Waals surface area (Å²) in [6, 6.07) is 7.74. The highest BCUT2D eigenvalue weighted by Crippen LogP contribution is 2.16. The van der Waals surface area contributed by atoms with E-state index in [-0.39, 0.29) is 11.7 Å². The molecule has 1 aromatic carbocycles. The Morgan fingerprint density at radius 1 is 1.11 bits per heavy atom. The monoisotopic (exact) mass is 261 g/mol. The molecule has 0 fully saturated rings. The Morgan fingerprint density at radius 2 is 1.58 bits per heavy atom. The number of anilines is 1. The van der Waals surface area contributed by atoms with Crippen LogP contribution in [0.5, 0.6) is 0 Å². The normalized spacial score (nSPS) is 10.9. The molecule has 0 aromatic heterocycles. The minimum Gasteiger partial charge on any atom is -0.378 e. The highest BCUT2D eigenvalue weighted by Gasteiger charge is 2.12. The molecule has 2 heteroatoms. The zero-order valence-electron chi connectivity index (χ0n) is 13.3. The van der Waals surface area contributed by atoms with Crippen molar-refractivity contribution in [2.45, 2.75) is 34.6 Å². The van der Waals surface area contributed by atoms with Crippen molar-refractivity contribution in [1.29, 1.82) is 0 Å². The lowest BCUT2D eigenvalue weighted by atomic mass is 9.97. The van der Waals surface area contributed by atoms with Crippen molar-refractivity contribution >= 4 is 11.5 Å². The van der Waals surface area contributed by atoms with Crippen molar-refractivity contribution in [3.8, 4) is 0 Å². The number of hydrogen-bond acceptors (Lipinski definition) is 2. The van der Waals surface area contributed by atoms with Gasteiger partial charge in [0, 0.05) is 31.3 Å². The van der Waals surface area contributed by atoms with Crippen LogP contribution in [0.25, 0.3) is 0 Å². The quantitative estimate of drug-likeness (QED) is 0.585. The number of nitrogens with zero attached hydrogens (tertiary/aromatic N) is 1. The van der Waals surface area contributed by atoms with Crippen molar-refractivity contribution in [2.75, 3.05) is 19.0 Å². The molecule has 0 unspecified atom stereocenters. The average Bonchev–Trinajstić information content (AvgIpc) is 2.39. The van der Waals surface area contributed by atoms with Crippen LogP contribution >= 0.6 is 0 Å². The van der Waals surface area contributed by atoms with Crippen LogP contribution in [-0.4, -0.2) is 19.9 Å². The summed E-state index contributed by atoms with van der Waals surface area (Å²) in [6.07, 6.45) is 2.00. The predicted octanol–water partition coefficient (Wildman–Crippen LogP) is 4.56. The molecule has 2 nitrogen and oxygen atoms in total. The number of rotatable bonds is 4. The predicted molar refractivity (Wildman–Crippen MR) is 85.0 cm³/mol. The Labute approximate surface area is 118 Å². The number of hydrogen-bond donors (Lipinski definition) is 0. The zero-order valence-corrected chi connectivity index (χ0v) is 13.3. The van der Waals surface area contributed by atoms with E-state index < -0.39 is 0 Å². The highest BCUT2D eigenvalue weighted by atomic mass is 16.1. The summed E-state index contributed by atoms with van der Waals surface area (Å²) in [5.74, 6) is 0.127. The molecule has 0 radical (unpaired) electrons. The maximum Gasteiger partial charge on any atom is 0.169 e. The molecule has 106 valence electrons. The SMILES string of the molecule is CC.CC(C)=C[C@H](C)C(=O)c1ccc(N(C)C)cc1. The average molecular weight is 261 g/mol. The molecule has 0 saturated heterocycles. The molecule has 0 aliphatic heterocycles. The number of Topliss-reactive ketones (excluding diaryl/α,β-unsaturated/α-hetero) is 1. The van der Waals surface area contributed by atoms with Crippen LogP contribution in [0.1, 0.15) is 45.0 Å². The number of allylic oxidation sites excluding steroid dienone is 2. The molecular formula is C17H27NO. The number of ketones is 1. The Morgan fingerprint density at radius 3 is 1.95 bits per heavy atom. The van der Waals surface area contributed by atoms with Crippen molar-refractivity contribution in [2.24, 2.45) is 5.92 Å². The molecule has 1 rings (SSSR count). The van der Waals surface area contributed by atoms with E-state index in [0.29, 0.717) is 0 Å². The summed E-state index contributed by atoms with van der Waals surface area (Å²) >= 11 is 0. The van der Waals surface area contributed by atoms with Gasteiger partial charge in [-0.3, -0.25) is 4.79 Å². The molecule has 0 bridgehead atoms. The minimum atomic E-state index is -0.0507. The lowest BCUT2D eigenvalue weighted by Crippen LogP contribution is -2.11. The van der Waals surface area contributed by atoms with Crippen molar-refractivity contribution in [1.82, 2.24) is 0 Å². The van der Waals surface area contributed by atoms with Gasteiger partial charge in [-0.05, 0) is 38.1 Å². The van der Waals surface area contributed by atoms with E-state index in [2.05, 4.69) is 0 Å².